The number of aliphatic imine (C=N–C) groups is 1. The summed E-state index contributed by atoms with van der Waals surface area (Å²) in [7, 11) is 1.57. The number of nitrogens with two attached hydrogens (primary N) is 2. The second-order valence-electron chi connectivity index (χ2n) is 2.85. The highest BCUT2D eigenvalue weighted by Crippen LogP contribution is 2.14. The minimum atomic E-state index is -0.127. The molecule has 1 aromatic rings. The number of rotatable bonds is 4. The van der Waals surface area contributed by atoms with Gasteiger partial charge in [0.2, 0.25) is 0 Å². The van der Waals surface area contributed by atoms with Crippen LogP contribution in [-0.4, -0.2) is 23.4 Å². The lowest BCUT2D eigenvalue weighted by atomic mass is 10.4. The van der Waals surface area contributed by atoms with Crippen LogP contribution >= 0.6 is 11.8 Å². The van der Waals surface area contributed by atoms with Crippen molar-refractivity contribution < 1.29 is 9.26 Å². The van der Waals surface area contributed by atoms with Crippen molar-refractivity contribution >= 4 is 22.9 Å². The molecule has 0 amide bonds. The maximum absolute atomic E-state index is 7.39. The molecule has 7 nitrogen and oxygen atoms in total. The van der Waals surface area contributed by atoms with Crippen LogP contribution in [0.25, 0.3) is 0 Å². The van der Waals surface area contributed by atoms with E-state index >= 15 is 0 Å². The zero-order chi connectivity index (χ0) is 12.0. The van der Waals surface area contributed by atoms with Gasteiger partial charge in [0.15, 0.2) is 16.9 Å². The van der Waals surface area contributed by atoms with Crippen LogP contribution in [0.15, 0.2) is 15.6 Å². The molecule has 0 radical (unpaired) electrons. The summed E-state index contributed by atoms with van der Waals surface area (Å²) >= 11 is 1.16. The summed E-state index contributed by atoms with van der Waals surface area (Å²) in [5.74, 6) is 0.993. The maximum atomic E-state index is 7.39. The Morgan fingerprint density at radius 2 is 2.44 bits per heavy atom. The van der Waals surface area contributed by atoms with Gasteiger partial charge in [0, 0.05) is 18.9 Å². The number of guanidine groups is 1. The molecule has 0 aromatic carbocycles. The monoisotopic (exact) mass is 243 g/mol. The average Bonchev–Trinajstić information content (AvgIpc) is 2.62. The first-order valence-electron chi connectivity index (χ1n) is 4.36. The van der Waals surface area contributed by atoms with Crippen molar-refractivity contribution in [2.45, 2.75) is 12.4 Å². The first-order chi connectivity index (χ1) is 7.61. The van der Waals surface area contributed by atoms with Gasteiger partial charge in [0.05, 0.1) is 5.69 Å². The minimum Gasteiger partial charge on any atom is -0.377 e. The lowest BCUT2D eigenvalue weighted by molar-refractivity contribution is 0.156. The summed E-state index contributed by atoms with van der Waals surface area (Å²) in [4.78, 5) is 3.57. The van der Waals surface area contributed by atoms with Crippen molar-refractivity contribution in [3.63, 3.8) is 0 Å². The minimum absolute atomic E-state index is 0.0382. The molecule has 0 spiro atoms. The number of hydrogen-bond donors (Lipinski definition) is 3. The van der Waals surface area contributed by atoms with E-state index in [0.29, 0.717) is 23.8 Å². The molecular formula is C8H13N5O2S. The average molecular weight is 243 g/mol. The van der Waals surface area contributed by atoms with Crippen molar-refractivity contribution in [1.29, 1.82) is 5.41 Å². The van der Waals surface area contributed by atoms with Crippen LogP contribution in [0, 0.1) is 5.41 Å². The summed E-state index contributed by atoms with van der Waals surface area (Å²) in [6.45, 7) is 0.378. The maximum Gasteiger partial charge on any atom is 0.193 e. The molecule has 88 valence electrons. The van der Waals surface area contributed by atoms with Crippen LogP contribution in [0.4, 0.5) is 0 Å². The molecule has 8 heteroatoms. The Hall–Kier alpha value is -1.54. The fourth-order valence-corrected chi connectivity index (χ4v) is 1.52. The summed E-state index contributed by atoms with van der Waals surface area (Å²) in [6.07, 6.45) is 0. The topological polar surface area (TPSA) is 124 Å². The SMILES string of the molecule is COCc1cc(CSC(=N)N=C(N)N)no1. The Morgan fingerprint density at radius 1 is 1.69 bits per heavy atom. The normalized spacial score (nSPS) is 10.1. The van der Waals surface area contributed by atoms with Gasteiger partial charge in [-0.3, -0.25) is 5.41 Å². The molecule has 1 heterocycles. The van der Waals surface area contributed by atoms with Gasteiger partial charge in [-0.1, -0.05) is 16.9 Å². The van der Waals surface area contributed by atoms with Gasteiger partial charge in [-0.15, -0.1) is 0 Å². The van der Waals surface area contributed by atoms with Crippen molar-refractivity contribution in [3.05, 3.63) is 17.5 Å². The zero-order valence-corrected chi connectivity index (χ0v) is 9.58. The quantitative estimate of drug-likeness (QED) is 0.515. The molecule has 0 aliphatic heterocycles. The molecule has 0 unspecified atom stereocenters. The number of methoxy groups -OCH3 is 1. The van der Waals surface area contributed by atoms with E-state index in [1.165, 1.54) is 0 Å². The van der Waals surface area contributed by atoms with Gasteiger partial charge in [-0.25, -0.2) is 0 Å². The predicted octanol–water partition coefficient (Wildman–Crippen LogP) is 0.262. The summed E-state index contributed by atoms with van der Waals surface area (Å²) in [6, 6.07) is 1.76. The molecule has 0 bridgehead atoms. The first-order valence-corrected chi connectivity index (χ1v) is 5.34. The van der Waals surface area contributed by atoms with E-state index in [0.717, 1.165) is 11.8 Å². The highest BCUT2D eigenvalue weighted by atomic mass is 32.2. The van der Waals surface area contributed by atoms with E-state index < -0.39 is 0 Å². The van der Waals surface area contributed by atoms with Gasteiger partial charge in [0.25, 0.3) is 0 Å². The summed E-state index contributed by atoms with van der Waals surface area (Å²) < 4.78 is 9.86. The zero-order valence-electron chi connectivity index (χ0n) is 8.77. The number of nitrogens with zero attached hydrogens (tertiary/aromatic N) is 2. The van der Waals surface area contributed by atoms with Gasteiger partial charge in [-0.2, -0.15) is 4.99 Å². The predicted molar refractivity (Wildman–Crippen MR) is 62.0 cm³/mol. The highest BCUT2D eigenvalue weighted by molar-refractivity contribution is 8.13. The van der Waals surface area contributed by atoms with Crippen LogP contribution < -0.4 is 11.5 Å². The fraction of sp³-hybridized carbons (Fsp3) is 0.375. The largest absolute Gasteiger partial charge is 0.377 e. The molecule has 5 N–H and O–H groups in total. The Kier molecular flexibility index (Phi) is 4.80. The molecule has 0 aliphatic rings. The molecule has 0 saturated heterocycles. The molecule has 16 heavy (non-hydrogen) atoms. The van der Waals surface area contributed by atoms with Crippen LogP contribution in [0.1, 0.15) is 11.5 Å². The number of nitrogens with one attached hydrogen (secondary N) is 1. The van der Waals surface area contributed by atoms with E-state index in [1.807, 2.05) is 0 Å². The second kappa shape index (κ2) is 6.13. The molecule has 0 saturated carbocycles. The van der Waals surface area contributed by atoms with Crippen LogP contribution in [0.3, 0.4) is 0 Å². The number of hydrogen-bond acceptors (Lipinski definition) is 5. The summed E-state index contributed by atoms with van der Waals surface area (Å²) in [5.41, 5.74) is 11.0. The van der Waals surface area contributed by atoms with Crippen LogP contribution in [-0.2, 0) is 17.1 Å². The highest BCUT2D eigenvalue weighted by Gasteiger charge is 2.05. The van der Waals surface area contributed by atoms with E-state index in [9.17, 15) is 0 Å². The summed E-state index contributed by atoms with van der Waals surface area (Å²) in [5, 5.41) is 11.2. The van der Waals surface area contributed by atoms with Crippen LogP contribution in [0.2, 0.25) is 0 Å². The van der Waals surface area contributed by atoms with E-state index in [-0.39, 0.29) is 11.1 Å². The lowest BCUT2D eigenvalue weighted by Gasteiger charge is -1.95. The smallest absolute Gasteiger partial charge is 0.193 e. The van der Waals surface area contributed by atoms with E-state index in [4.69, 9.17) is 26.1 Å². The van der Waals surface area contributed by atoms with Crippen LogP contribution in [0.5, 0.6) is 0 Å². The Bertz CT molecular complexity index is 386. The molecule has 0 atom stereocenters. The lowest BCUT2D eigenvalue weighted by Crippen LogP contribution is -2.23. The van der Waals surface area contributed by atoms with Crippen molar-refractivity contribution in [2.75, 3.05) is 7.11 Å². The van der Waals surface area contributed by atoms with Crippen molar-refractivity contribution in [1.82, 2.24) is 5.16 Å². The fourth-order valence-electron chi connectivity index (χ4n) is 0.926. The number of aromatic nitrogens is 1. The van der Waals surface area contributed by atoms with Gasteiger partial charge in [0.1, 0.15) is 6.61 Å². The molecule has 0 aliphatic carbocycles. The van der Waals surface area contributed by atoms with Gasteiger partial charge in [-0.05, 0) is 0 Å². The third kappa shape index (κ3) is 4.32. The molecule has 0 fully saturated rings. The van der Waals surface area contributed by atoms with Gasteiger partial charge >= 0.3 is 0 Å². The molecule has 1 rings (SSSR count). The van der Waals surface area contributed by atoms with E-state index in [1.54, 1.807) is 13.2 Å². The van der Waals surface area contributed by atoms with E-state index in [2.05, 4.69) is 10.1 Å². The first kappa shape index (κ1) is 12.5. The molecule has 1 aromatic heterocycles. The Balaban J connectivity index is 2.42. The number of thioether (sulfide) groups is 1. The third-order valence-corrected chi connectivity index (χ3v) is 2.29. The van der Waals surface area contributed by atoms with Crippen molar-refractivity contribution in [3.8, 4) is 0 Å². The Morgan fingerprint density at radius 3 is 3.06 bits per heavy atom. The third-order valence-electron chi connectivity index (χ3n) is 1.48. The molecular weight excluding hydrogens is 230 g/mol. The number of amidine groups is 1. The second-order valence-corrected chi connectivity index (χ2v) is 3.81. The van der Waals surface area contributed by atoms with Gasteiger partial charge < -0.3 is 20.7 Å². The number of ether oxygens (including phenoxy) is 1. The standard InChI is InChI=1S/C8H13N5O2S/c1-14-3-6-2-5(13-15-6)4-16-8(11)12-7(9)10/h2H,3-4H2,1H3,(H5,9,10,11,12). The Labute approximate surface area is 96.7 Å². The van der Waals surface area contributed by atoms with Crippen molar-refractivity contribution in [2.24, 2.45) is 16.5 Å².